The molecular weight excluding hydrogens is 306 g/mol. The van der Waals surface area contributed by atoms with Crippen LogP contribution in [0.5, 0.6) is 0 Å². The van der Waals surface area contributed by atoms with Gasteiger partial charge in [0.2, 0.25) is 0 Å². The summed E-state index contributed by atoms with van der Waals surface area (Å²) in [6.45, 7) is 2.77. The molecule has 1 fully saturated rings. The van der Waals surface area contributed by atoms with Crippen molar-refractivity contribution in [3.05, 3.63) is 30.5 Å². The summed E-state index contributed by atoms with van der Waals surface area (Å²) < 4.78 is 7.10. The van der Waals surface area contributed by atoms with Crippen molar-refractivity contribution in [3.63, 3.8) is 0 Å². The van der Waals surface area contributed by atoms with E-state index in [0.29, 0.717) is 17.4 Å². The molecule has 22 heavy (non-hydrogen) atoms. The molecule has 0 spiro atoms. The Morgan fingerprint density at radius 1 is 1.41 bits per heavy atom. The number of piperazine rings is 1. The van der Waals surface area contributed by atoms with Crippen LogP contribution in [0, 0.1) is 0 Å². The van der Waals surface area contributed by atoms with Crippen LogP contribution in [0.15, 0.2) is 29.2 Å². The fourth-order valence-corrected chi connectivity index (χ4v) is 2.55. The predicted molar refractivity (Wildman–Crippen MR) is 81.8 cm³/mol. The summed E-state index contributed by atoms with van der Waals surface area (Å²) in [5.74, 6) is 1.15. The number of halogens is 1. The lowest BCUT2D eigenvalue weighted by Crippen LogP contribution is -2.44. The number of rotatable bonds is 2. The molecule has 9 heteroatoms. The highest BCUT2D eigenvalue weighted by Gasteiger charge is 2.26. The van der Waals surface area contributed by atoms with E-state index in [2.05, 4.69) is 37.5 Å². The minimum absolute atomic E-state index is 0. The SMILES string of the molecule is CN1CCNCC1c1noc(-c2cnn3cccnc23)n1.Cl. The first-order valence-corrected chi connectivity index (χ1v) is 6.86. The van der Waals surface area contributed by atoms with Crippen LogP contribution in [-0.2, 0) is 0 Å². The third-order valence-electron chi connectivity index (χ3n) is 3.76. The van der Waals surface area contributed by atoms with Gasteiger partial charge in [0.15, 0.2) is 11.5 Å². The van der Waals surface area contributed by atoms with Crippen LogP contribution in [0.1, 0.15) is 11.9 Å². The van der Waals surface area contributed by atoms with Crippen LogP contribution >= 0.6 is 12.4 Å². The van der Waals surface area contributed by atoms with Gasteiger partial charge in [-0.15, -0.1) is 12.4 Å². The largest absolute Gasteiger partial charge is 0.334 e. The van der Waals surface area contributed by atoms with E-state index in [1.54, 1.807) is 16.9 Å². The lowest BCUT2D eigenvalue weighted by molar-refractivity contribution is 0.190. The van der Waals surface area contributed by atoms with Gasteiger partial charge in [0.1, 0.15) is 5.56 Å². The quantitative estimate of drug-likeness (QED) is 0.746. The molecule has 0 saturated carbocycles. The van der Waals surface area contributed by atoms with Crippen molar-refractivity contribution in [1.29, 1.82) is 0 Å². The lowest BCUT2D eigenvalue weighted by atomic mass is 10.2. The number of hydrogen-bond acceptors (Lipinski definition) is 7. The second-order valence-electron chi connectivity index (χ2n) is 5.10. The van der Waals surface area contributed by atoms with Gasteiger partial charge >= 0.3 is 0 Å². The molecule has 0 aliphatic carbocycles. The summed E-state index contributed by atoms with van der Waals surface area (Å²) in [5, 5.41) is 11.7. The highest BCUT2D eigenvalue weighted by atomic mass is 35.5. The molecule has 0 bridgehead atoms. The molecule has 116 valence electrons. The van der Waals surface area contributed by atoms with Gasteiger partial charge in [0.25, 0.3) is 5.89 Å². The molecule has 0 amide bonds. The molecule has 1 aliphatic heterocycles. The number of fused-ring (bicyclic) bond motifs is 1. The van der Waals surface area contributed by atoms with Gasteiger partial charge in [-0.1, -0.05) is 5.16 Å². The maximum absolute atomic E-state index is 5.41. The van der Waals surface area contributed by atoms with Gasteiger partial charge in [0.05, 0.1) is 12.2 Å². The number of nitrogens with one attached hydrogen (secondary N) is 1. The van der Waals surface area contributed by atoms with Crippen LogP contribution in [0.4, 0.5) is 0 Å². The highest BCUT2D eigenvalue weighted by molar-refractivity contribution is 5.85. The van der Waals surface area contributed by atoms with Crippen molar-refractivity contribution in [2.24, 2.45) is 0 Å². The Bertz CT molecular complexity index is 770. The van der Waals surface area contributed by atoms with Crippen LogP contribution in [0.2, 0.25) is 0 Å². The van der Waals surface area contributed by atoms with E-state index in [9.17, 15) is 0 Å². The number of likely N-dealkylation sites (N-methyl/N-ethyl adjacent to an activating group) is 1. The van der Waals surface area contributed by atoms with E-state index in [-0.39, 0.29) is 18.4 Å². The Labute approximate surface area is 132 Å². The monoisotopic (exact) mass is 321 g/mol. The first kappa shape index (κ1) is 14.9. The first-order valence-electron chi connectivity index (χ1n) is 6.86. The Kier molecular flexibility index (Phi) is 4.06. The van der Waals surface area contributed by atoms with E-state index < -0.39 is 0 Å². The molecular formula is C13H16ClN7O. The number of nitrogens with zero attached hydrogens (tertiary/aromatic N) is 6. The molecule has 4 rings (SSSR count). The third kappa shape index (κ3) is 2.45. The number of hydrogen-bond donors (Lipinski definition) is 1. The Hall–Kier alpha value is -2.03. The maximum Gasteiger partial charge on any atom is 0.263 e. The molecule has 3 aromatic heterocycles. The minimum atomic E-state index is 0. The molecule has 0 aromatic carbocycles. The number of aromatic nitrogens is 5. The summed E-state index contributed by atoms with van der Waals surface area (Å²) in [6, 6.07) is 1.96. The van der Waals surface area contributed by atoms with Crippen LogP contribution < -0.4 is 5.32 Å². The van der Waals surface area contributed by atoms with Gasteiger partial charge in [-0.3, -0.25) is 4.90 Å². The maximum atomic E-state index is 5.41. The van der Waals surface area contributed by atoms with E-state index in [1.807, 2.05) is 12.3 Å². The van der Waals surface area contributed by atoms with Gasteiger partial charge in [0, 0.05) is 32.0 Å². The summed E-state index contributed by atoms with van der Waals surface area (Å²) in [5.41, 5.74) is 1.46. The first-order chi connectivity index (χ1) is 10.3. The van der Waals surface area contributed by atoms with Crippen LogP contribution in [0.25, 0.3) is 17.1 Å². The van der Waals surface area contributed by atoms with E-state index in [4.69, 9.17) is 4.52 Å². The molecule has 1 atom stereocenters. The molecule has 1 aliphatic rings. The molecule has 4 heterocycles. The second-order valence-corrected chi connectivity index (χ2v) is 5.10. The van der Waals surface area contributed by atoms with E-state index in [0.717, 1.165) is 25.2 Å². The van der Waals surface area contributed by atoms with E-state index in [1.165, 1.54) is 0 Å². The smallest absolute Gasteiger partial charge is 0.263 e. The summed E-state index contributed by atoms with van der Waals surface area (Å²) in [7, 11) is 2.07. The Morgan fingerprint density at radius 3 is 3.18 bits per heavy atom. The molecule has 1 unspecified atom stereocenters. The summed E-state index contributed by atoms with van der Waals surface area (Å²) in [6.07, 6.45) is 5.25. The van der Waals surface area contributed by atoms with E-state index >= 15 is 0 Å². The standard InChI is InChI=1S/C13H15N7O.ClH/c1-19-6-4-14-8-10(19)11-17-13(21-18-11)9-7-16-20-5-2-3-15-12(9)20;/h2-3,5,7,10,14H,4,6,8H2,1H3;1H. The van der Waals surface area contributed by atoms with Gasteiger partial charge < -0.3 is 9.84 Å². The average molecular weight is 322 g/mol. The second kappa shape index (κ2) is 5.99. The van der Waals surface area contributed by atoms with Crippen molar-refractivity contribution >= 4 is 18.1 Å². The average Bonchev–Trinajstić information content (AvgIpc) is 3.14. The van der Waals surface area contributed by atoms with Crippen LogP contribution in [-0.4, -0.2) is 56.3 Å². The van der Waals surface area contributed by atoms with Gasteiger partial charge in [-0.05, 0) is 13.1 Å². The van der Waals surface area contributed by atoms with Crippen molar-refractivity contribution in [2.45, 2.75) is 6.04 Å². The van der Waals surface area contributed by atoms with Gasteiger partial charge in [-0.2, -0.15) is 10.1 Å². The zero-order valence-corrected chi connectivity index (χ0v) is 12.8. The van der Waals surface area contributed by atoms with Gasteiger partial charge in [-0.25, -0.2) is 9.50 Å². The van der Waals surface area contributed by atoms with Crippen molar-refractivity contribution in [1.82, 2.24) is 35.0 Å². The molecule has 3 aromatic rings. The topological polar surface area (TPSA) is 84.4 Å². The van der Waals surface area contributed by atoms with Crippen LogP contribution in [0.3, 0.4) is 0 Å². The summed E-state index contributed by atoms with van der Waals surface area (Å²) in [4.78, 5) is 11.1. The molecule has 1 saturated heterocycles. The zero-order chi connectivity index (χ0) is 14.2. The third-order valence-corrected chi connectivity index (χ3v) is 3.76. The molecule has 0 radical (unpaired) electrons. The Morgan fingerprint density at radius 2 is 2.32 bits per heavy atom. The van der Waals surface area contributed by atoms with Crippen molar-refractivity contribution in [3.8, 4) is 11.5 Å². The lowest BCUT2D eigenvalue weighted by Gasteiger charge is -2.30. The normalized spacial score (nSPS) is 19.2. The predicted octanol–water partition coefficient (Wildman–Crippen LogP) is 0.777. The van der Waals surface area contributed by atoms with Crippen molar-refractivity contribution < 1.29 is 4.52 Å². The highest BCUT2D eigenvalue weighted by Crippen LogP contribution is 2.24. The fraction of sp³-hybridized carbons (Fsp3) is 0.385. The fourth-order valence-electron chi connectivity index (χ4n) is 2.55. The minimum Gasteiger partial charge on any atom is -0.334 e. The van der Waals surface area contributed by atoms with Crippen molar-refractivity contribution in [2.75, 3.05) is 26.7 Å². The summed E-state index contributed by atoms with van der Waals surface area (Å²) >= 11 is 0. The molecule has 8 nitrogen and oxygen atoms in total. The zero-order valence-electron chi connectivity index (χ0n) is 12.0. The molecule has 1 N–H and O–H groups in total. The Balaban J connectivity index is 0.00000144.